The summed E-state index contributed by atoms with van der Waals surface area (Å²) in [4.78, 5) is 12.6. The Morgan fingerprint density at radius 3 is 2.69 bits per heavy atom. The lowest BCUT2D eigenvalue weighted by molar-refractivity contribution is -0.139. The van der Waals surface area contributed by atoms with Crippen LogP contribution >= 0.6 is 0 Å². The van der Waals surface area contributed by atoms with Gasteiger partial charge in [0.25, 0.3) is 0 Å². The van der Waals surface area contributed by atoms with Crippen LogP contribution in [0.3, 0.4) is 0 Å². The van der Waals surface area contributed by atoms with E-state index in [1.54, 1.807) is 0 Å². The third-order valence-corrected chi connectivity index (χ3v) is 2.60. The van der Waals surface area contributed by atoms with Gasteiger partial charge in [0.15, 0.2) is 0 Å². The molecular formula is C9H17NO3. The van der Waals surface area contributed by atoms with Crippen LogP contribution in [-0.4, -0.2) is 45.8 Å². The van der Waals surface area contributed by atoms with Gasteiger partial charge in [0.2, 0.25) is 0 Å². The number of hydrogen-bond acceptors (Lipinski definition) is 3. The zero-order valence-corrected chi connectivity index (χ0v) is 8.10. The largest absolute Gasteiger partial charge is 0.481 e. The van der Waals surface area contributed by atoms with Gasteiger partial charge in [-0.05, 0) is 20.3 Å². The maximum Gasteiger partial charge on any atom is 0.305 e. The first-order valence-electron chi connectivity index (χ1n) is 4.68. The first-order valence-corrected chi connectivity index (χ1v) is 4.68. The second-order valence-electron chi connectivity index (χ2n) is 3.85. The number of aliphatic carboxylic acids is 1. The van der Waals surface area contributed by atoms with Crippen LogP contribution < -0.4 is 0 Å². The number of aliphatic hydroxyl groups is 1. The van der Waals surface area contributed by atoms with Gasteiger partial charge in [-0.2, -0.15) is 0 Å². The predicted molar refractivity (Wildman–Crippen MR) is 48.5 cm³/mol. The monoisotopic (exact) mass is 187 g/mol. The lowest BCUT2D eigenvalue weighted by Gasteiger charge is -2.28. The average Bonchev–Trinajstić information content (AvgIpc) is 2.32. The molecule has 1 fully saturated rings. The summed E-state index contributed by atoms with van der Waals surface area (Å²) >= 11 is 0. The molecule has 13 heavy (non-hydrogen) atoms. The Balaban J connectivity index is 2.60. The minimum Gasteiger partial charge on any atom is -0.481 e. The van der Waals surface area contributed by atoms with Crippen molar-refractivity contribution in [3.8, 4) is 0 Å². The van der Waals surface area contributed by atoms with Crippen molar-refractivity contribution in [3.63, 3.8) is 0 Å². The van der Waals surface area contributed by atoms with Crippen LogP contribution in [0.1, 0.15) is 26.7 Å². The maximum absolute atomic E-state index is 10.5. The second-order valence-corrected chi connectivity index (χ2v) is 3.85. The van der Waals surface area contributed by atoms with E-state index in [4.69, 9.17) is 5.11 Å². The Morgan fingerprint density at radius 1 is 1.62 bits per heavy atom. The van der Waals surface area contributed by atoms with Gasteiger partial charge in [0.1, 0.15) is 0 Å². The van der Waals surface area contributed by atoms with Gasteiger partial charge in [0, 0.05) is 18.6 Å². The van der Waals surface area contributed by atoms with Gasteiger partial charge in [-0.1, -0.05) is 0 Å². The van der Waals surface area contributed by atoms with E-state index in [-0.39, 0.29) is 12.5 Å². The van der Waals surface area contributed by atoms with Gasteiger partial charge in [-0.3, -0.25) is 9.69 Å². The summed E-state index contributed by atoms with van der Waals surface area (Å²) in [6.45, 7) is 4.84. The fraction of sp³-hybridized carbons (Fsp3) is 0.889. The van der Waals surface area contributed by atoms with Gasteiger partial charge >= 0.3 is 5.97 Å². The number of carboxylic acids is 1. The van der Waals surface area contributed by atoms with E-state index in [0.29, 0.717) is 12.5 Å². The summed E-state index contributed by atoms with van der Waals surface area (Å²) in [5.41, 5.74) is 0. The highest BCUT2D eigenvalue weighted by Gasteiger charge is 2.35. The van der Waals surface area contributed by atoms with Gasteiger partial charge in [-0.25, -0.2) is 0 Å². The molecule has 0 spiro atoms. The Labute approximate surface area is 78.2 Å². The van der Waals surface area contributed by atoms with E-state index in [9.17, 15) is 9.90 Å². The number of likely N-dealkylation sites (tertiary alicyclic amines) is 1. The van der Waals surface area contributed by atoms with Gasteiger partial charge in [0.05, 0.1) is 12.5 Å². The number of hydrogen-bond donors (Lipinski definition) is 2. The van der Waals surface area contributed by atoms with E-state index in [1.807, 2.05) is 13.8 Å². The van der Waals surface area contributed by atoms with E-state index in [2.05, 4.69) is 4.90 Å². The molecule has 0 aromatic carbocycles. The van der Waals surface area contributed by atoms with E-state index in [1.165, 1.54) is 0 Å². The maximum atomic E-state index is 10.5. The van der Waals surface area contributed by atoms with Crippen LogP contribution in [-0.2, 0) is 4.79 Å². The molecule has 0 unspecified atom stereocenters. The van der Waals surface area contributed by atoms with Crippen LogP contribution in [0, 0.1) is 0 Å². The molecule has 1 saturated heterocycles. The normalized spacial score (nSPS) is 29.8. The van der Waals surface area contributed by atoms with Gasteiger partial charge in [-0.15, -0.1) is 0 Å². The van der Waals surface area contributed by atoms with Crippen LogP contribution in [0.25, 0.3) is 0 Å². The Morgan fingerprint density at radius 2 is 2.23 bits per heavy atom. The Hall–Kier alpha value is -0.610. The van der Waals surface area contributed by atoms with Crippen molar-refractivity contribution in [3.05, 3.63) is 0 Å². The minimum atomic E-state index is -0.836. The third-order valence-electron chi connectivity index (χ3n) is 2.60. The fourth-order valence-corrected chi connectivity index (χ4v) is 1.93. The standard InChI is InChI=1S/C9H17NO3/c1-6(2)10-4-3-8(11)7(10)5-9(12)13/h6-8,11H,3-5H2,1-2H3,(H,12,13)/t7-,8+/m1/s1. The molecule has 1 aliphatic heterocycles. The quantitative estimate of drug-likeness (QED) is 0.667. The summed E-state index contributed by atoms with van der Waals surface area (Å²) in [6, 6.07) is 0.110. The number of nitrogens with zero attached hydrogens (tertiary/aromatic N) is 1. The molecule has 0 aliphatic carbocycles. The van der Waals surface area contributed by atoms with E-state index in [0.717, 1.165) is 6.54 Å². The molecule has 76 valence electrons. The summed E-state index contributed by atoms with van der Waals surface area (Å²) < 4.78 is 0. The third kappa shape index (κ3) is 2.42. The zero-order chi connectivity index (χ0) is 10.0. The van der Waals surface area contributed by atoms with Crippen molar-refractivity contribution in [1.82, 2.24) is 4.90 Å². The molecule has 1 rings (SSSR count). The minimum absolute atomic E-state index is 0.0410. The van der Waals surface area contributed by atoms with Crippen molar-refractivity contribution < 1.29 is 15.0 Å². The SMILES string of the molecule is CC(C)N1CC[C@H](O)[C@H]1CC(=O)O. The zero-order valence-electron chi connectivity index (χ0n) is 8.10. The molecule has 0 aromatic rings. The van der Waals surface area contributed by atoms with E-state index >= 15 is 0 Å². The van der Waals surface area contributed by atoms with Crippen LogP contribution in [0.15, 0.2) is 0 Å². The van der Waals surface area contributed by atoms with Gasteiger partial charge < -0.3 is 10.2 Å². The van der Waals surface area contributed by atoms with Crippen LogP contribution in [0.5, 0.6) is 0 Å². The molecule has 0 radical (unpaired) electrons. The number of aliphatic hydroxyl groups excluding tert-OH is 1. The first kappa shape index (κ1) is 10.5. The molecule has 4 nitrogen and oxygen atoms in total. The fourth-order valence-electron chi connectivity index (χ4n) is 1.93. The first-order chi connectivity index (χ1) is 6.02. The molecule has 0 aromatic heterocycles. The van der Waals surface area contributed by atoms with Crippen molar-refractivity contribution in [2.24, 2.45) is 0 Å². The Kier molecular flexibility index (Phi) is 3.27. The molecule has 1 heterocycles. The average molecular weight is 187 g/mol. The summed E-state index contributed by atoms with van der Waals surface area (Å²) in [5, 5.41) is 18.2. The van der Waals surface area contributed by atoms with Crippen molar-refractivity contribution >= 4 is 5.97 Å². The Bertz CT molecular complexity index is 193. The van der Waals surface area contributed by atoms with Crippen molar-refractivity contribution in [2.45, 2.75) is 44.9 Å². The molecule has 0 amide bonds. The van der Waals surface area contributed by atoms with E-state index < -0.39 is 12.1 Å². The smallest absolute Gasteiger partial charge is 0.305 e. The molecule has 4 heteroatoms. The number of carboxylic acid groups (broad SMARTS) is 1. The molecule has 0 saturated carbocycles. The number of rotatable bonds is 3. The van der Waals surface area contributed by atoms with Crippen molar-refractivity contribution in [1.29, 1.82) is 0 Å². The molecule has 1 aliphatic rings. The topological polar surface area (TPSA) is 60.8 Å². The molecule has 2 atom stereocenters. The molecule has 0 bridgehead atoms. The molecule has 2 N–H and O–H groups in total. The molecular weight excluding hydrogens is 170 g/mol. The highest BCUT2D eigenvalue weighted by molar-refractivity contribution is 5.67. The highest BCUT2D eigenvalue weighted by atomic mass is 16.4. The van der Waals surface area contributed by atoms with Crippen LogP contribution in [0.2, 0.25) is 0 Å². The number of carbonyl (C=O) groups is 1. The lowest BCUT2D eigenvalue weighted by Crippen LogP contribution is -2.41. The lowest BCUT2D eigenvalue weighted by atomic mass is 10.1. The highest BCUT2D eigenvalue weighted by Crippen LogP contribution is 2.22. The summed E-state index contributed by atoms with van der Waals surface area (Å²) in [7, 11) is 0. The van der Waals surface area contributed by atoms with Crippen molar-refractivity contribution in [2.75, 3.05) is 6.54 Å². The summed E-state index contributed by atoms with van der Waals surface area (Å²) in [6.07, 6.45) is 0.258. The second kappa shape index (κ2) is 4.07. The van der Waals surface area contributed by atoms with Crippen LogP contribution in [0.4, 0.5) is 0 Å². The predicted octanol–water partition coefficient (Wildman–Crippen LogP) is 0.305. The summed E-state index contributed by atoms with van der Waals surface area (Å²) in [5.74, 6) is -0.836.